The van der Waals surface area contributed by atoms with Crippen LogP contribution in [-0.4, -0.2) is 24.5 Å². The zero-order valence-electron chi connectivity index (χ0n) is 11.7. The standard InChI is InChI=1S/C14H22N2O2S/c1-10(2)6-7-19-9-14(17)16-11-4-5-13(18-3)12(15)8-11/h4-5,8,10H,6-7,9,15H2,1-3H3,(H,16,17). The Kier molecular flexibility index (Phi) is 6.56. The van der Waals surface area contributed by atoms with Crippen LogP contribution in [0, 0.1) is 5.92 Å². The molecule has 1 rings (SSSR count). The Balaban J connectivity index is 2.38. The molecule has 0 heterocycles. The summed E-state index contributed by atoms with van der Waals surface area (Å²) >= 11 is 1.65. The molecule has 0 saturated heterocycles. The summed E-state index contributed by atoms with van der Waals surface area (Å²) in [5.41, 5.74) is 7.00. The van der Waals surface area contributed by atoms with E-state index in [0.717, 1.165) is 12.2 Å². The lowest BCUT2D eigenvalue weighted by atomic mass is 10.2. The minimum Gasteiger partial charge on any atom is -0.495 e. The van der Waals surface area contributed by atoms with Crippen molar-refractivity contribution in [2.45, 2.75) is 20.3 Å². The van der Waals surface area contributed by atoms with Crippen LogP contribution in [0.3, 0.4) is 0 Å². The van der Waals surface area contributed by atoms with Gasteiger partial charge in [0, 0.05) is 5.69 Å². The lowest BCUT2D eigenvalue weighted by Gasteiger charge is -2.09. The molecule has 0 saturated carbocycles. The number of carbonyl (C=O) groups excluding carboxylic acids is 1. The molecule has 0 bridgehead atoms. The Morgan fingerprint density at radius 1 is 1.47 bits per heavy atom. The van der Waals surface area contributed by atoms with Crippen molar-refractivity contribution in [2.75, 3.05) is 29.7 Å². The fourth-order valence-corrected chi connectivity index (χ4v) is 2.53. The van der Waals surface area contributed by atoms with E-state index in [4.69, 9.17) is 10.5 Å². The Morgan fingerprint density at radius 3 is 2.79 bits per heavy atom. The maximum Gasteiger partial charge on any atom is 0.234 e. The van der Waals surface area contributed by atoms with E-state index in [9.17, 15) is 4.79 Å². The molecule has 0 aliphatic heterocycles. The van der Waals surface area contributed by atoms with Crippen LogP contribution in [0.1, 0.15) is 20.3 Å². The van der Waals surface area contributed by atoms with E-state index < -0.39 is 0 Å². The summed E-state index contributed by atoms with van der Waals surface area (Å²) in [7, 11) is 1.56. The van der Waals surface area contributed by atoms with E-state index in [1.807, 2.05) is 0 Å². The van der Waals surface area contributed by atoms with Gasteiger partial charge in [0.1, 0.15) is 5.75 Å². The molecule has 0 aromatic heterocycles. The van der Waals surface area contributed by atoms with Gasteiger partial charge >= 0.3 is 0 Å². The zero-order valence-corrected chi connectivity index (χ0v) is 12.5. The van der Waals surface area contributed by atoms with Crippen LogP contribution in [0.25, 0.3) is 0 Å². The lowest BCUT2D eigenvalue weighted by Crippen LogP contribution is -2.14. The van der Waals surface area contributed by atoms with Crippen LogP contribution in [-0.2, 0) is 4.79 Å². The molecule has 0 atom stereocenters. The maximum atomic E-state index is 11.7. The van der Waals surface area contributed by atoms with Crippen molar-refractivity contribution < 1.29 is 9.53 Å². The van der Waals surface area contributed by atoms with Gasteiger partial charge < -0.3 is 15.8 Å². The first-order valence-corrected chi connectivity index (χ1v) is 7.49. The number of thioether (sulfide) groups is 1. The van der Waals surface area contributed by atoms with Crippen LogP contribution in [0.15, 0.2) is 18.2 Å². The molecule has 19 heavy (non-hydrogen) atoms. The monoisotopic (exact) mass is 282 g/mol. The summed E-state index contributed by atoms with van der Waals surface area (Å²) in [6.07, 6.45) is 1.13. The molecule has 1 aromatic carbocycles. The van der Waals surface area contributed by atoms with Crippen molar-refractivity contribution in [1.29, 1.82) is 0 Å². The number of carbonyl (C=O) groups is 1. The van der Waals surface area contributed by atoms with Gasteiger partial charge in [0.2, 0.25) is 5.91 Å². The number of methoxy groups -OCH3 is 1. The number of ether oxygens (including phenoxy) is 1. The lowest BCUT2D eigenvalue weighted by molar-refractivity contribution is -0.113. The minimum absolute atomic E-state index is 0.00155. The average Bonchev–Trinajstić information content (AvgIpc) is 2.35. The third-order valence-electron chi connectivity index (χ3n) is 2.59. The summed E-state index contributed by atoms with van der Waals surface area (Å²) in [5, 5.41) is 2.83. The fourth-order valence-electron chi connectivity index (χ4n) is 1.49. The summed E-state index contributed by atoms with van der Waals surface area (Å²) in [6, 6.07) is 5.23. The predicted molar refractivity (Wildman–Crippen MR) is 82.8 cm³/mol. The third kappa shape index (κ3) is 5.87. The molecule has 1 aromatic rings. The van der Waals surface area contributed by atoms with E-state index in [-0.39, 0.29) is 5.91 Å². The van der Waals surface area contributed by atoms with Gasteiger partial charge in [-0.15, -0.1) is 0 Å². The number of rotatable bonds is 7. The highest BCUT2D eigenvalue weighted by atomic mass is 32.2. The maximum absolute atomic E-state index is 11.7. The van der Waals surface area contributed by atoms with E-state index in [1.54, 1.807) is 37.1 Å². The van der Waals surface area contributed by atoms with Crippen LogP contribution < -0.4 is 15.8 Å². The topological polar surface area (TPSA) is 64.3 Å². The highest BCUT2D eigenvalue weighted by Crippen LogP contribution is 2.24. The second-order valence-electron chi connectivity index (χ2n) is 4.74. The van der Waals surface area contributed by atoms with Crippen LogP contribution in [0.4, 0.5) is 11.4 Å². The van der Waals surface area contributed by atoms with E-state index in [2.05, 4.69) is 19.2 Å². The van der Waals surface area contributed by atoms with Gasteiger partial charge in [0.05, 0.1) is 18.6 Å². The molecule has 0 unspecified atom stereocenters. The molecule has 3 N–H and O–H groups in total. The minimum atomic E-state index is -0.00155. The molecule has 0 fully saturated rings. The van der Waals surface area contributed by atoms with E-state index >= 15 is 0 Å². The Morgan fingerprint density at radius 2 is 2.21 bits per heavy atom. The molecular weight excluding hydrogens is 260 g/mol. The van der Waals surface area contributed by atoms with Gasteiger partial charge in [0.15, 0.2) is 0 Å². The molecule has 0 aliphatic carbocycles. The van der Waals surface area contributed by atoms with Gasteiger partial charge in [-0.05, 0) is 36.3 Å². The van der Waals surface area contributed by atoms with Gasteiger partial charge in [-0.3, -0.25) is 4.79 Å². The highest BCUT2D eigenvalue weighted by Gasteiger charge is 2.05. The number of hydrogen-bond donors (Lipinski definition) is 2. The van der Waals surface area contributed by atoms with Gasteiger partial charge in [0.25, 0.3) is 0 Å². The predicted octanol–water partition coefficient (Wildman–Crippen LogP) is 3.00. The average molecular weight is 282 g/mol. The van der Waals surface area contributed by atoms with Gasteiger partial charge in [-0.2, -0.15) is 11.8 Å². The number of amides is 1. The van der Waals surface area contributed by atoms with Crippen LogP contribution >= 0.6 is 11.8 Å². The van der Waals surface area contributed by atoms with Crippen molar-refractivity contribution in [3.8, 4) is 5.75 Å². The first kappa shape index (κ1) is 15.7. The molecule has 0 radical (unpaired) electrons. The zero-order chi connectivity index (χ0) is 14.3. The number of nitrogens with one attached hydrogen (secondary N) is 1. The molecule has 0 aliphatic rings. The van der Waals surface area contributed by atoms with E-state index in [0.29, 0.717) is 28.8 Å². The Hall–Kier alpha value is -1.36. The van der Waals surface area contributed by atoms with Crippen molar-refractivity contribution >= 4 is 29.0 Å². The quantitative estimate of drug-likeness (QED) is 0.596. The summed E-state index contributed by atoms with van der Waals surface area (Å²) in [6.45, 7) is 4.36. The molecule has 0 spiro atoms. The second-order valence-corrected chi connectivity index (χ2v) is 5.85. The normalized spacial score (nSPS) is 10.5. The van der Waals surface area contributed by atoms with Crippen LogP contribution in [0.2, 0.25) is 0 Å². The molecular formula is C14H22N2O2S. The van der Waals surface area contributed by atoms with Gasteiger partial charge in [-0.1, -0.05) is 13.8 Å². The van der Waals surface area contributed by atoms with E-state index in [1.165, 1.54) is 0 Å². The SMILES string of the molecule is COc1ccc(NC(=O)CSCCC(C)C)cc1N. The molecule has 5 heteroatoms. The summed E-state index contributed by atoms with van der Waals surface area (Å²) in [4.78, 5) is 11.7. The molecule has 106 valence electrons. The van der Waals surface area contributed by atoms with Crippen molar-refractivity contribution in [2.24, 2.45) is 5.92 Å². The van der Waals surface area contributed by atoms with Gasteiger partial charge in [-0.25, -0.2) is 0 Å². The number of hydrogen-bond acceptors (Lipinski definition) is 4. The largest absolute Gasteiger partial charge is 0.495 e. The third-order valence-corrected chi connectivity index (χ3v) is 3.58. The molecule has 4 nitrogen and oxygen atoms in total. The molecule has 1 amide bonds. The second kappa shape index (κ2) is 7.94. The number of anilines is 2. The summed E-state index contributed by atoms with van der Waals surface area (Å²) < 4.78 is 5.06. The first-order valence-electron chi connectivity index (χ1n) is 6.34. The van der Waals surface area contributed by atoms with Crippen LogP contribution in [0.5, 0.6) is 5.75 Å². The summed E-state index contributed by atoms with van der Waals surface area (Å²) in [5.74, 6) is 2.77. The first-order chi connectivity index (χ1) is 9.02. The number of nitrogen functional groups attached to an aromatic ring is 1. The fraction of sp³-hybridized carbons (Fsp3) is 0.500. The number of nitrogens with two attached hydrogens (primary N) is 1. The van der Waals surface area contributed by atoms with Crippen molar-refractivity contribution in [3.05, 3.63) is 18.2 Å². The van der Waals surface area contributed by atoms with Crippen molar-refractivity contribution in [1.82, 2.24) is 0 Å². The smallest absolute Gasteiger partial charge is 0.234 e. The van der Waals surface area contributed by atoms with Crippen molar-refractivity contribution in [3.63, 3.8) is 0 Å². The Labute approximate surface area is 119 Å². The number of benzene rings is 1. The highest BCUT2D eigenvalue weighted by molar-refractivity contribution is 7.99. The Bertz CT molecular complexity index is 422.